The van der Waals surface area contributed by atoms with E-state index in [1.54, 1.807) is 0 Å². The lowest BCUT2D eigenvalue weighted by Gasteiger charge is -2.32. The molecule has 6 heteroatoms. The van der Waals surface area contributed by atoms with Gasteiger partial charge in [0.15, 0.2) is 0 Å². The molecule has 2 saturated heterocycles. The standard InChI is InChI=1S/C15H22ClN3O2/c1-2-5-10-13(16)17-15(21)19(14(10)20)12-7-9-18-8-4-3-6-11(12)18/h11-12H,2-9H2,1H3,(H,17,21). The topological polar surface area (TPSA) is 58.1 Å². The monoisotopic (exact) mass is 311 g/mol. The Morgan fingerprint density at radius 2 is 2.00 bits per heavy atom. The van der Waals surface area contributed by atoms with Crippen LogP contribution >= 0.6 is 11.6 Å². The first-order valence-corrected chi connectivity index (χ1v) is 8.28. The van der Waals surface area contributed by atoms with E-state index in [1.165, 1.54) is 17.4 Å². The van der Waals surface area contributed by atoms with Gasteiger partial charge < -0.3 is 0 Å². The van der Waals surface area contributed by atoms with Crippen molar-refractivity contribution in [1.82, 2.24) is 14.5 Å². The Labute approximate surface area is 128 Å². The summed E-state index contributed by atoms with van der Waals surface area (Å²) < 4.78 is 1.44. The maximum Gasteiger partial charge on any atom is 0.329 e. The van der Waals surface area contributed by atoms with Crippen LogP contribution in [0.25, 0.3) is 0 Å². The van der Waals surface area contributed by atoms with Crippen molar-refractivity contribution < 1.29 is 0 Å². The first-order chi connectivity index (χ1) is 10.1. The number of nitrogens with one attached hydrogen (secondary N) is 1. The van der Waals surface area contributed by atoms with Crippen LogP contribution in [0, 0.1) is 0 Å². The van der Waals surface area contributed by atoms with Crippen LogP contribution in [0.3, 0.4) is 0 Å². The third kappa shape index (κ3) is 2.57. The number of piperidine rings is 1. The quantitative estimate of drug-likeness (QED) is 0.868. The number of halogens is 1. The lowest BCUT2D eigenvalue weighted by molar-refractivity contribution is 0.170. The Bertz CT molecular complexity index is 637. The smallest absolute Gasteiger partial charge is 0.298 e. The molecular formula is C15H22ClN3O2. The van der Waals surface area contributed by atoms with Crippen LogP contribution < -0.4 is 11.2 Å². The van der Waals surface area contributed by atoms with Gasteiger partial charge in [-0.3, -0.25) is 19.2 Å². The van der Waals surface area contributed by atoms with Crippen LogP contribution in [-0.4, -0.2) is 33.6 Å². The summed E-state index contributed by atoms with van der Waals surface area (Å²) in [5.41, 5.74) is -0.00155. The van der Waals surface area contributed by atoms with E-state index in [2.05, 4.69) is 9.88 Å². The van der Waals surface area contributed by atoms with Crippen molar-refractivity contribution >= 4 is 11.6 Å². The average Bonchev–Trinajstić information content (AvgIpc) is 2.87. The number of H-pyrrole nitrogens is 1. The fourth-order valence-electron chi connectivity index (χ4n) is 3.85. The molecule has 0 amide bonds. The van der Waals surface area contributed by atoms with Gasteiger partial charge in [-0.15, -0.1) is 0 Å². The second-order valence-corrected chi connectivity index (χ2v) is 6.48. The van der Waals surface area contributed by atoms with E-state index >= 15 is 0 Å². The summed E-state index contributed by atoms with van der Waals surface area (Å²) in [6.07, 6.45) is 5.79. The lowest BCUT2D eigenvalue weighted by atomic mass is 9.98. The van der Waals surface area contributed by atoms with Gasteiger partial charge in [0.2, 0.25) is 0 Å². The summed E-state index contributed by atoms with van der Waals surface area (Å²) in [7, 11) is 0. The molecule has 0 aliphatic carbocycles. The molecular weight excluding hydrogens is 290 g/mol. The summed E-state index contributed by atoms with van der Waals surface area (Å²) in [5.74, 6) is 0. The van der Waals surface area contributed by atoms with Crippen LogP contribution in [0.4, 0.5) is 0 Å². The third-order valence-corrected chi connectivity index (χ3v) is 5.15. The minimum atomic E-state index is -0.359. The Hall–Kier alpha value is -1.07. The van der Waals surface area contributed by atoms with E-state index in [0.29, 0.717) is 18.0 Å². The van der Waals surface area contributed by atoms with Gasteiger partial charge in [0, 0.05) is 12.6 Å². The SMILES string of the molecule is CCCc1c(Cl)[nH]c(=O)n(C2CCN3CCCCC23)c1=O. The van der Waals surface area contributed by atoms with Crippen molar-refractivity contribution in [2.75, 3.05) is 13.1 Å². The van der Waals surface area contributed by atoms with Crippen molar-refractivity contribution in [2.45, 2.75) is 57.5 Å². The highest BCUT2D eigenvalue weighted by Crippen LogP contribution is 2.33. The highest BCUT2D eigenvalue weighted by molar-refractivity contribution is 6.30. The molecule has 0 saturated carbocycles. The number of aromatic amines is 1. The highest BCUT2D eigenvalue weighted by Gasteiger charge is 2.38. The Morgan fingerprint density at radius 1 is 1.19 bits per heavy atom. The van der Waals surface area contributed by atoms with Crippen LogP contribution in [0.5, 0.6) is 0 Å². The van der Waals surface area contributed by atoms with Crippen molar-refractivity contribution in [1.29, 1.82) is 0 Å². The molecule has 0 bridgehead atoms. The van der Waals surface area contributed by atoms with Crippen molar-refractivity contribution in [3.63, 3.8) is 0 Å². The van der Waals surface area contributed by atoms with E-state index in [4.69, 9.17) is 11.6 Å². The summed E-state index contributed by atoms with van der Waals surface area (Å²) in [4.78, 5) is 30.1. The van der Waals surface area contributed by atoms with Crippen LogP contribution in [-0.2, 0) is 6.42 Å². The average molecular weight is 312 g/mol. The second-order valence-electron chi connectivity index (χ2n) is 6.10. The van der Waals surface area contributed by atoms with Gasteiger partial charge >= 0.3 is 5.69 Å². The number of aromatic nitrogens is 2. The molecule has 0 aromatic carbocycles. The molecule has 3 rings (SSSR count). The summed E-state index contributed by atoms with van der Waals surface area (Å²) in [5, 5.41) is 0.210. The molecule has 2 fully saturated rings. The first-order valence-electron chi connectivity index (χ1n) is 7.90. The maximum atomic E-state index is 12.7. The summed E-state index contributed by atoms with van der Waals surface area (Å²) in [6.45, 7) is 4.07. The molecule has 0 radical (unpaired) electrons. The zero-order valence-electron chi connectivity index (χ0n) is 12.4. The van der Waals surface area contributed by atoms with Crippen LogP contribution in [0.15, 0.2) is 9.59 Å². The Balaban J connectivity index is 2.04. The number of nitrogens with zero attached hydrogens (tertiary/aromatic N) is 2. The molecule has 116 valence electrons. The van der Waals surface area contributed by atoms with Gasteiger partial charge in [-0.25, -0.2) is 4.79 Å². The highest BCUT2D eigenvalue weighted by atomic mass is 35.5. The minimum Gasteiger partial charge on any atom is -0.298 e. The molecule has 1 N–H and O–H groups in total. The van der Waals surface area contributed by atoms with Crippen molar-refractivity contribution in [3.05, 3.63) is 31.6 Å². The molecule has 21 heavy (non-hydrogen) atoms. The van der Waals surface area contributed by atoms with Gasteiger partial charge in [-0.1, -0.05) is 31.4 Å². The first kappa shape index (κ1) is 14.9. The molecule has 2 unspecified atom stereocenters. The van der Waals surface area contributed by atoms with E-state index in [0.717, 1.165) is 32.4 Å². The predicted molar refractivity (Wildman–Crippen MR) is 83.2 cm³/mol. The summed E-state index contributed by atoms with van der Waals surface area (Å²) in [6, 6.07) is 0.322. The number of rotatable bonds is 3. The number of hydrogen-bond acceptors (Lipinski definition) is 3. The third-order valence-electron chi connectivity index (χ3n) is 4.83. The zero-order valence-corrected chi connectivity index (χ0v) is 13.2. The molecule has 1 aromatic rings. The van der Waals surface area contributed by atoms with E-state index < -0.39 is 0 Å². The largest absolute Gasteiger partial charge is 0.329 e. The number of hydrogen-bond donors (Lipinski definition) is 1. The van der Waals surface area contributed by atoms with Gasteiger partial charge in [0.1, 0.15) is 5.15 Å². The number of fused-ring (bicyclic) bond motifs is 1. The van der Waals surface area contributed by atoms with Gasteiger partial charge in [-0.2, -0.15) is 0 Å². The van der Waals surface area contributed by atoms with E-state index in [9.17, 15) is 9.59 Å². The Kier molecular flexibility index (Phi) is 4.22. The van der Waals surface area contributed by atoms with E-state index in [-0.39, 0.29) is 22.4 Å². The van der Waals surface area contributed by atoms with Gasteiger partial charge in [0.05, 0.1) is 11.6 Å². The zero-order chi connectivity index (χ0) is 15.0. The van der Waals surface area contributed by atoms with Gasteiger partial charge in [0.25, 0.3) is 5.56 Å². The molecule has 2 aliphatic rings. The normalized spacial score (nSPS) is 26.0. The fraction of sp³-hybridized carbons (Fsp3) is 0.733. The van der Waals surface area contributed by atoms with Crippen molar-refractivity contribution in [3.8, 4) is 0 Å². The molecule has 3 heterocycles. The van der Waals surface area contributed by atoms with E-state index in [1.807, 2.05) is 6.92 Å². The Morgan fingerprint density at radius 3 is 2.76 bits per heavy atom. The molecule has 0 spiro atoms. The second kappa shape index (κ2) is 5.97. The minimum absolute atomic E-state index is 0.00516. The van der Waals surface area contributed by atoms with Crippen molar-refractivity contribution in [2.24, 2.45) is 0 Å². The van der Waals surface area contributed by atoms with Crippen LogP contribution in [0.1, 0.15) is 50.6 Å². The molecule has 2 aliphatic heterocycles. The molecule has 5 nitrogen and oxygen atoms in total. The lowest BCUT2D eigenvalue weighted by Crippen LogP contribution is -2.46. The molecule has 2 atom stereocenters. The predicted octanol–water partition coefficient (Wildman–Crippen LogP) is 1.94. The maximum absolute atomic E-state index is 12.7. The summed E-state index contributed by atoms with van der Waals surface area (Å²) >= 11 is 6.05. The molecule has 1 aromatic heterocycles. The fourth-order valence-corrected chi connectivity index (χ4v) is 4.11. The van der Waals surface area contributed by atoms with Gasteiger partial charge in [-0.05, 0) is 32.2 Å². The van der Waals surface area contributed by atoms with Crippen LogP contribution in [0.2, 0.25) is 5.15 Å².